The Bertz CT molecular complexity index is 447. The van der Waals surface area contributed by atoms with Gasteiger partial charge in [0.2, 0.25) is 0 Å². The summed E-state index contributed by atoms with van der Waals surface area (Å²) in [6.07, 6.45) is 0. The van der Waals surface area contributed by atoms with Gasteiger partial charge in [-0.1, -0.05) is 11.6 Å². The van der Waals surface area contributed by atoms with Gasteiger partial charge < -0.3 is 5.11 Å². The third-order valence-electron chi connectivity index (χ3n) is 2.25. The Balaban J connectivity index is 2.87. The molecule has 0 amide bonds. The Kier molecular flexibility index (Phi) is 2.28. The number of hydrogen-bond acceptors (Lipinski definition) is 2. The van der Waals surface area contributed by atoms with Gasteiger partial charge in [0, 0.05) is 9.72 Å². The molecule has 0 saturated heterocycles. The zero-order valence-corrected chi connectivity index (χ0v) is 8.75. The molecule has 1 heterocycles. The minimum absolute atomic E-state index is 0.0552. The SMILES string of the molecule is Cc1c(Cl)cc2sccc2c1CO. The first-order valence-electron chi connectivity index (χ1n) is 4.00. The molecule has 0 radical (unpaired) electrons. The van der Waals surface area contributed by atoms with Gasteiger partial charge in [-0.15, -0.1) is 11.3 Å². The van der Waals surface area contributed by atoms with Crippen LogP contribution in [0.25, 0.3) is 10.1 Å². The number of halogens is 1. The van der Waals surface area contributed by atoms with Crippen molar-refractivity contribution in [1.82, 2.24) is 0 Å². The largest absolute Gasteiger partial charge is 0.392 e. The lowest BCUT2D eigenvalue weighted by atomic mass is 10.1. The number of thiophene rings is 1. The molecule has 2 aromatic rings. The maximum Gasteiger partial charge on any atom is 0.0691 e. The molecule has 1 aromatic heterocycles. The van der Waals surface area contributed by atoms with Crippen LogP contribution in [0.3, 0.4) is 0 Å². The normalized spacial score (nSPS) is 11.0. The zero-order chi connectivity index (χ0) is 9.42. The first kappa shape index (κ1) is 9.00. The van der Waals surface area contributed by atoms with E-state index in [-0.39, 0.29) is 6.61 Å². The molecule has 1 N–H and O–H groups in total. The fourth-order valence-electron chi connectivity index (χ4n) is 1.46. The lowest BCUT2D eigenvalue weighted by Gasteiger charge is -2.06. The summed E-state index contributed by atoms with van der Waals surface area (Å²) in [5, 5.41) is 13.1. The molecule has 0 aliphatic carbocycles. The van der Waals surface area contributed by atoms with Gasteiger partial charge in [0.15, 0.2) is 0 Å². The average molecular weight is 213 g/mol. The summed E-state index contributed by atoms with van der Waals surface area (Å²) in [7, 11) is 0. The van der Waals surface area contributed by atoms with Crippen LogP contribution in [-0.2, 0) is 6.61 Å². The van der Waals surface area contributed by atoms with E-state index < -0.39 is 0 Å². The summed E-state index contributed by atoms with van der Waals surface area (Å²) in [5.74, 6) is 0. The van der Waals surface area contributed by atoms with Crippen molar-refractivity contribution < 1.29 is 5.11 Å². The lowest BCUT2D eigenvalue weighted by Crippen LogP contribution is -1.89. The van der Waals surface area contributed by atoms with E-state index in [1.807, 2.05) is 24.4 Å². The Morgan fingerprint density at radius 2 is 2.31 bits per heavy atom. The fourth-order valence-corrected chi connectivity index (χ4v) is 2.60. The van der Waals surface area contributed by atoms with Crippen molar-refractivity contribution in [2.24, 2.45) is 0 Å². The molecular formula is C10H9ClOS. The molecule has 2 rings (SSSR count). The van der Waals surface area contributed by atoms with Crippen LogP contribution in [0.1, 0.15) is 11.1 Å². The molecule has 1 aromatic carbocycles. The topological polar surface area (TPSA) is 20.2 Å². The Hall–Kier alpha value is -0.570. The lowest BCUT2D eigenvalue weighted by molar-refractivity contribution is 0.282. The van der Waals surface area contributed by atoms with Crippen molar-refractivity contribution in [3.63, 3.8) is 0 Å². The van der Waals surface area contributed by atoms with Gasteiger partial charge in [0.25, 0.3) is 0 Å². The Labute approximate surface area is 85.6 Å². The molecule has 0 aliphatic rings. The second-order valence-corrected chi connectivity index (χ2v) is 4.31. The number of benzene rings is 1. The molecule has 13 heavy (non-hydrogen) atoms. The highest BCUT2D eigenvalue weighted by Crippen LogP contribution is 2.31. The second kappa shape index (κ2) is 3.29. The van der Waals surface area contributed by atoms with Crippen LogP contribution >= 0.6 is 22.9 Å². The first-order chi connectivity index (χ1) is 6.24. The standard InChI is InChI=1S/C10H9ClOS/c1-6-8(5-12)7-2-3-13-10(7)4-9(6)11/h2-4,12H,5H2,1H3. The van der Waals surface area contributed by atoms with Gasteiger partial charge in [-0.2, -0.15) is 0 Å². The molecule has 0 bridgehead atoms. The summed E-state index contributed by atoms with van der Waals surface area (Å²) in [6, 6.07) is 3.98. The average Bonchev–Trinajstić information content (AvgIpc) is 2.54. The van der Waals surface area contributed by atoms with Gasteiger partial charge >= 0.3 is 0 Å². The van der Waals surface area contributed by atoms with E-state index in [2.05, 4.69) is 0 Å². The number of aliphatic hydroxyl groups excluding tert-OH is 1. The quantitative estimate of drug-likeness (QED) is 0.769. The predicted molar refractivity (Wildman–Crippen MR) is 57.5 cm³/mol. The summed E-state index contributed by atoms with van der Waals surface area (Å²) < 4.78 is 1.14. The van der Waals surface area contributed by atoms with Crippen LogP contribution < -0.4 is 0 Å². The van der Waals surface area contributed by atoms with E-state index in [4.69, 9.17) is 11.6 Å². The highest BCUT2D eigenvalue weighted by atomic mass is 35.5. The van der Waals surface area contributed by atoms with E-state index in [0.717, 1.165) is 26.2 Å². The smallest absolute Gasteiger partial charge is 0.0691 e. The highest BCUT2D eigenvalue weighted by molar-refractivity contribution is 7.17. The van der Waals surface area contributed by atoms with E-state index in [9.17, 15) is 5.11 Å². The van der Waals surface area contributed by atoms with Gasteiger partial charge in [-0.3, -0.25) is 0 Å². The first-order valence-corrected chi connectivity index (χ1v) is 5.26. The molecule has 0 spiro atoms. The number of rotatable bonds is 1. The van der Waals surface area contributed by atoms with E-state index >= 15 is 0 Å². The Morgan fingerprint density at radius 3 is 3.00 bits per heavy atom. The van der Waals surface area contributed by atoms with Crippen LogP contribution in [0.5, 0.6) is 0 Å². The molecular weight excluding hydrogens is 204 g/mol. The van der Waals surface area contributed by atoms with Crippen molar-refractivity contribution in [3.8, 4) is 0 Å². The summed E-state index contributed by atoms with van der Waals surface area (Å²) in [5.41, 5.74) is 1.93. The van der Waals surface area contributed by atoms with Gasteiger partial charge in [-0.25, -0.2) is 0 Å². The minimum atomic E-state index is 0.0552. The van der Waals surface area contributed by atoms with Crippen LogP contribution in [0.15, 0.2) is 17.5 Å². The molecule has 0 fully saturated rings. The number of hydrogen-bond donors (Lipinski definition) is 1. The molecule has 0 atom stereocenters. The van der Waals surface area contributed by atoms with Crippen molar-refractivity contribution in [3.05, 3.63) is 33.7 Å². The van der Waals surface area contributed by atoms with Gasteiger partial charge in [-0.05, 0) is 40.9 Å². The number of aliphatic hydroxyl groups is 1. The molecule has 3 heteroatoms. The van der Waals surface area contributed by atoms with Gasteiger partial charge in [0.1, 0.15) is 0 Å². The van der Waals surface area contributed by atoms with Crippen LogP contribution in [0.4, 0.5) is 0 Å². The Morgan fingerprint density at radius 1 is 1.54 bits per heavy atom. The van der Waals surface area contributed by atoms with E-state index in [0.29, 0.717) is 0 Å². The summed E-state index contributed by atoms with van der Waals surface area (Å²) >= 11 is 7.67. The minimum Gasteiger partial charge on any atom is -0.392 e. The van der Waals surface area contributed by atoms with Crippen molar-refractivity contribution >= 4 is 33.0 Å². The van der Waals surface area contributed by atoms with Crippen molar-refractivity contribution in [1.29, 1.82) is 0 Å². The maximum atomic E-state index is 9.21. The molecule has 0 unspecified atom stereocenters. The van der Waals surface area contributed by atoms with E-state index in [1.165, 1.54) is 0 Å². The predicted octanol–water partition coefficient (Wildman–Crippen LogP) is 3.36. The monoisotopic (exact) mass is 212 g/mol. The third-order valence-corrected chi connectivity index (χ3v) is 3.50. The fraction of sp³-hybridized carbons (Fsp3) is 0.200. The summed E-state index contributed by atoms with van der Waals surface area (Å²) in [6.45, 7) is 1.99. The van der Waals surface area contributed by atoms with E-state index in [1.54, 1.807) is 11.3 Å². The molecule has 1 nitrogen and oxygen atoms in total. The third kappa shape index (κ3) is 1.35. The maximum absolute atomic E-state index is 9.21. The highest BCUT2D eigenvalue weighted by Gasteiger charge is 2.08. The van der Waals surface area contributed by atoms with Crippen LogP contribution in [0.2, 0.25) is 5.02 Å². The molecule has 0 saturated carbocycles. The zero-order valence-electron chi connectivity index (χ0n) is 7.17. The van der Waals surface area contributed by atoms with Crippen LogP contribution in [-0.4, -0.2) is 5.11 Å². The number of fused-ring (bicyclic) bond motifs is 1. The molecule has 0 aliphatic heterocycles. The van der Waals surface area contributed by atoms with Crippen molar-refractivity contribution in [2.45, 2.75) is 13.5 Å². The van der Waals surface area contributed by atoms with Crippen molar-refractivity contribution in [2.75, 3.05) is 0 Å². The second-order valence-electron chi connectivity index (χ2n) is 2.95. The van der Waals surface area contributed by atoms with Crippen LogP contribution in [0, 0.1) is 6.92 Å². The summed E-state index contributed by atoms with van der Waals surface area (Å²) in [4.78, 5) is 0. The van der Waals surface area contributed by atoms with Gasteiger partial charge in [0.05, 0.1) is 6.61 Å². The molecule has 68 valence electrons.